The Hall–Kier alpha value is -1.62. The first-order valence-electron chi connectivity index (χ1n) is 6.46. The van der Waals surface area contributed by atoms with Gasteiger partial charge in [0.25, 0.3) is 5.91 Å². The molecular formula is C13H17N3O2. The Bertz CT molecular complexity index is 507. The standard InChI is InChI=1S/C13H17N3O2/c17-12-3-5-14-7-11(12)13(18)15-9-4-6-16(8-9)10-1-2-10/h3,5,7,9-10H,1-2,4,6,8H2,(H,14,17)(H,15,18). The van der Waals surface area contributed by atoms with Crippen LogP contribution in [0.25, 0.3) is 0 Å². The topological polar surface area (TPSA) is 65.2 Å². The number of aromatic nitrogens is 1. The molecule has 1 atom stereocenters. The SMILES string of the molecule is O=C(NC1CCN(C2CC2)C1)c1c[nH]ccc1=O. The Labute approximate surface area is 105 Å². The molecule has 0 aromatic carbocycles. The third-order valence-electron chi connectivity index (χ3n) is 3.69. The van der Waals surface area contributed by atoms with Crippen LogP contribution in [0.1, 0.15) is 29.6 Å². The van der Waals surface area contributed by atoms with Crippen LogP contribution in [0.15, 0.2) is 23.3 Å². The van der Waals surface area contributed by atoms with Gasteiger partial charge >= 0.3 is 0 Å². The number of nitrogens with zero attached hydrogens (tertiary/aromatic N) is 1. The summed E-state index contributed by atoms with van der Waals surface area (Å²) < 4.78 is 0. The Kier molecular flexibility index (Phi) is 2.91. The summed E-state index contributed by atoms with van der Waals surface area (Å²) in [6, 6.07) is 2.30. The monoisotopic (exact) mass is 247 g/mol. The van der Waals surface area contributed by atoms with Crippen LogP contribution in [0, 0.1) is 0 Å². The van der Waals surface area contributed by atoms with Crippen LogP contribution < -0.4 is 10.7 Å². The number of H-pyrrole nitrogens is 1. The number of carbonyl (C=O) groups is 1. The fraction of sp³-hybridized carbons (Fsp3) is 0.538. The van der Waals surface area contributed by atoms with Crippen molar-refractivity contribution in [2.75, 3.05) is 13.1 Å². The molecule has 2 heterocycles. The van der Waals surface area contributed by atoms with E-state index in [4.69, 9.17) is 0 Å². The third kappa shape index (κ3) is 2.31. The number of rotatable bonds is 3. The van der Waals surface area contributed by atoms with Crippen LogP contribution >= 0.6 is 0 Å². The molecule has 2 fully saturated rings. The zero-order valence-corrected chi connectivity index (χ0v) is 10.2. The summed E-state index contributed by atoms with van der Waals surface area (Å²) in [6.07, 6.45) is 6.56. The Morgan fingerprint density at radius 1 is 1.39 bits per heavy atom. The smallest absolute Gasteiger partial charge is 0.257 e. The van der Waals surface area contributed by atoms with E-state index < -0.39 is 0 Å². The molecule has 2 aliphatic rings. The molecule has 0 bridgehead atoms. The second-order valence-corrected chi connectivity index (χ2v) is 5.11. The predicted octanol–water partition coefficient (Wildman–Crippen LogP) is 0.341. The van der Waals surface area contributed by atoms with E-state index >= 15 is 0 Å². The molecule has 18 heavy (non-hydrogen) atoms. The van der Waals surface area contributed by atoms with Gasteiger partial charge in [0.2, 0.25) is 0 Å². The molecule has 3 rings (SSSR count). The van der Waals surface area contributed by atoms with Crippen LogP contribution in [-0.4, -0.2) is 41.0 Å². The summed E-state index contributed by atoms with van der Waals surface area (Å²) >= 11 is 0. The minimum atomic E-state index is -0.264. The highest BCUT2D eigenvalue weighted by Gasteiger charge is 2.34. The third-order valence-corrected chi connectivity index (χ3v) is 3.69. The van der Waals surface area contributed by atoms with Gasteiger partial charge in [-0.05, 0) is 19.3 Å². The summed E-state index contributed by atoms with van der Waals surface area (Å²) in [5, 5.41) is 2.95. The molecule has 1 unspecified atom stereocenters. The quantitative estimate of drug-likeness (QED) is 0.809. The maximum Gasteiger partial charge on any atom is 0.257 e. The van der Waals surface area contributed by atoms with E-state index in [-0.39, 0.29) is 22.9 Å². The van der Waals surface area contributed by atoms with E-state index in [2.05, 4.69) is 15.2 Å². The van der Waals surface area contributed by atoms with Crippen molar-refractivity contribution in [1.82, 2.24) is 15.2 Å². The number of amides is 1. The van der Waals surface area contributed by atoms with E-state index in [0.717, 1.165) is 25.6 Å². The van der Waals surface area contributed by atoms with Gasteiger partial charge in [0, 0.05) is 43.6 Å². The Morgan fingerprint density at radius 2 is 2.22 bits per heavy atom. The zero-order valence-electron chi connectivity index (χ0n) is 10.2. The van der Waals surface area contributed by atoms with Gasteiger partial charge in [-0.15, -0.1) is 0 Å². The van der Waals surface area contributed by atoms with E-state index in [1.54, 1.807) is 0 Å². The number of pyridine rings is 1. The molecule has 1 saturated heterocycles. The summed E-state index contributed by atoms with van der Waals surface area (Å²) in [5.74, 6) is -0.264. The Balaban J connectivity index is 1.61. The minimum absolute atomic E-state index is 0.178. The first kappa shape index (κ1) is 11.5. The van der Waals surface area contributed by atoms with Crippen molar-refractivity contribution in [1.29, 1.82) is 0 Å². The van der Waals surface area contributed by atoms with Gasteiger partial charge in [0.1, 0.15) is 5.56 Å². The molecule has 2 N–H and O–H groups in total. The lowest BCUT2D eigenvalue weighted by Crippen LogP contribution is -2.39. The van der Waals surface area contributed by atoms with Gasteiger partial charge in [0.05, 0.1) is 0 Å². The zero-order chi connectivity index (χ0) is 12.5. The summed E-state index contributed by atoms with van der Waals surface area (Å²) in [4.78, 5) is 28.7. The van der Waals surface area contributed by atoms with Crippen LogP contribution in [0.4, 0.5) is 0 Å². The normalized spacial score (nSPS) is 24.1. The first-order valence-corrected chi connectivity index (χ1v) is 6.46. The summed E-state index contributed by atoms with van der Waals surface area (Å²) in [6.45, 7) is 1.97. The average molecular weight is 247 g/mol. The molecular weight excluding hydrogens is 230 g/mol. The molecule has 5 heteroatoms. The lowest BCUT2D eigenvalue weighted by molar-refractivity contribution is 0.0936. The van der Waals surface area contributed by atoms with Crippen molar-refractivity contribution in [2.45, 2.75) is 31.3 Å². The number of hydrogen-bond acceptors (Lipinski definition) is 3. The largest absolute Gasteiger partial charge is 0.367 e. The van der Waals surface area contributed by atoms with Crippen LogP contribution in [-0.2, 0) is 0 Å². The first-order chi connectivity index (χ1) is 8.74. The molecule has 1 aromatic rings. The van der Waals surface area contributed by atoms with E-state index in [1.165, 1.54) is 31.3 Å². The predicted molar refractivity (Wildman–Crippen MR) is 67.5 cm³/mol. The number of likely N-dealkylation sites (tertiary alicyclic amines) is 1. The number of nitrogens with one attached hydrogen (secondary N) is 2. The van der Waals surface area contributed by atoms with Crippen molar-refractivity contribution in [3.8, 4) is 0 Å². The highest BCUT2D eigenvalue weighted by atomic mass is 16.2. The average Bonchev–Trinajstić information content (AvgIpc) is 3.11. The van der Waals surface area contributed by atoms with Gasteiger partial charge in [-0.25, -0.2) is 0 Å². The van der Waals surface area contributed by atoms with Gasteiger partial charge in [-0.2, -0.15) is 0 Å². The van der Waals surface area contributed by atoms with Crippen molar-refractivity contribution in [3.63, 3.8) is 0 Å². The molecule has 0 radical (unpaired) electrons. The number of hydrogen-bond donors (Lipinski definition) is 2. The summed E-state index contributed by atoms with van der Waals surface area (Å²) in [5.41, 5.74) is -0.0364. The highest BCUT2D eigenvalue weighted by molar-refractivity contribution is 5.93. The van der Waals surface area contributed by atoms with E-state index in [1.807, 2.05) is 0 Å². The maximum absolute atomic E-state index is 12.0. The van der Waals surface area contributed by atoms with Crippen LogP contribution in [0.5, 0.6) is 0 Å². The molecule has 1 saturated carbocycles. The van der Waals surface area contributed by atoms with Crippen LogP contribution in [0.3, 0.4) is 0 Å². The van der Waals surface area contributed by atoms with Gasteiger partial charge in [-0.3, -0.25) is 14.5 Å². The maximum atomic E-state index is 12.0. The van der Waals surface area contributed by atoms with Gasteiger partial charge < -0.3 is 10.3 Å². The molecule has 1 aliphatic heterocycles. The summed E-state index contributed by atoms with van der Waals surface area (Å²) in [7, 11) is 0. The highest BCUT2D eigenvalue weighted by Crippen LogP contribution is 2.29. The number of carbonyl (C=O) groups excluding carboxylic acids is 1. The van der Waals surface area contributed by atoms with Gasteiger partial charge in [0.15, 0.2) is 5.43 Å². The van der Waals surface area contributed by atoms with Crippen LogP contribution in [0.2, 0.25) is 0 Å². The Morgan fingerprint density at radius 3 is 2.94 bits per heavy atom. The molecule has 1 amide bonds. The fourth-order valence-electron chi connectivity index (χ4n) is 2.53. The minimum Gasteiger partial charge on any atom is -0.367 e. The van der Waals surface area contributed by atoms with Crippen molar-refractivity contribution in [2.24, 2.45) is 0 Å². The lowest BCUT2D eigenvalue weighted by Gasteiger charge is -2.15. The molecule has 1 aromatic heterocycles. The second kappa shape index (κ2) is 4.57. The van der Waals surface area contributed by atoms with E-state index in [0.29, 0.717) is 0 Å². The van der Waals surface area contributed by atoms with Gasteiger partial charge in [-0.1, -0.05) is 0 Å². The van der Waals surface area contributed by atoms with Crippen molar-refractivity contribution in [3.05, 3.63) is 34.2 Å². The second-order valence-electron chi connectivity index (χ2n) is 5.11. The fourth-order valence-corrected chi connectivity index (χ4v) is 2.53. The number of aromatic amines is 1. The molecule has 1 aliphatic carbocycles. The molecule has 0 spiro atoms. The van der Waals surface area contributed by atoms with Crippen molar-refractivity contribution < 1.29 is 4.79 Å². The van der Waals surface area contributed by atoms with E-state index in [9.17, 15) is 9.59 Å². The molecule has 5 nitrogen and oxygen atoms in total. The van der Waals surface area contributed by atoms with Crippen molar-refractivity contribution >= 4 is 5.91 Å². The molecule has 96 valence electrons. The lowest BCUT2D eigenvalue weighted by atomic mass is 10.2.